The van der Waals surface area contributed by atoms with Crippen molar-refractivity contribution >= 4 is 11.6 Å². The Balaban J connectivity index is 2.27. The van der Waals surface area contributed by atoms with E-state index in [0.29, 0.717) is 0 Å². The normalized spacial score (nSPS) is 18.3. The Labute approximate surface area is 129 Å². The fourth-order valence-electron chi connectivity index (χ4n) is 3.83. The van der Waals surface area contributed by atoms with Crippen LogP contribution in [0.15, 0.2) is 0 Å². The third kappa shape index (κ3) is 3.06. The SMILES string of the molecule is Cc1c(C)c(C)c(C(Cl)CC2CCCCC2)c(C)c1C. The number of halogens is 1. The van der Waals surface area contributed by atoms with Gasteiger partial charge >= 0.3 is 0 Å². The van der Waals surface area contributed by atoms with E-state index in [1.165, 1.54) is 65.5 Å². The number of benzene rings is 1. The van der Waals surface area contributed by atoms with Crippen LogP contribution in [0.3, 0.4) is 0 Å². The summed E-state index contributed by atoms with van der Waals surface area (Å²) < 4.78 is 0. The molecular formula is C19H29Cl. The van der Waals surface area contributed by atoms with Gasteiger partial charge in [-0.2, -0.15) is 0 Å². The summed E-state index contributed by atoms with van der Waals surface area (Å²) in [5.74, 6) is 0.840. The summed E-state index contributed by atoms with van der Waals surface area (Å²) in [5.41, 5.74) is 8.54. The summed E-state index contributed by atoms with van der Waals surface area (Å²) in [7, 11) is 0. The highest BCUT2D eigenvalue weighted by molar-refractivity contribution is 6.21. The molecule has 1 aliphatic rings. The van der Waals surface area contributed by atoms with Crippen molar-refractivity contribution < 1.29 is 0 Å². The minimum absolute atomic E-state index is 0.191. The van der Waals surface area contributed by atoms with Gasteiger partial charge < -0.3 is 0 Å². The van der Waals surface area contributed by atoms with Gasteiger partial charge in [-0.1, -0.05) is 32.1 Å². The molecule has 0 amide bonds. The molecule has 1 fully saturated rings. The second-order valence-corrected chi connectivity index (χ2v) is 7.27. The maximum atomic E-state index is 6.85. The number of alkyl halides is 1. The van der Waals surface area contributed by atoms with E-state index in [1.54, 1.807) is 0 Å². The molecule has 0 heterocycles. The van der Waals surface area contributed by atoms with Gasteiger partial charge in [0, 0.05) is 0 Å². The average molecular weight is 293 g/mol. The average Bonchev–Trinajstić information content (AvgIpc) is 2.44. The van der Waals surface area contributed by atoms with Crippen molar-refractivity contribution in [2.24, 2.45) is 5.92 Å². The molecule has 0 bridgehead atoms. The Morgan fingerprint density at radius 1 is 0.800 bits per heavy atom. The summed E-state index contributed by atoms with van der Waals surface area (Å²) in [6.07, 6.45) is 8.14. The van der Waals surface area contributed by atoms with Crippen LogP contribution in [0.25, 0.3) is 0 Å². The zero-order valence-electron chi connectivity index (χ0n) is 13.8. The predicted octanol–water partition coefficient (Wildman–Crippen LogP) is 6.48. The van der Waals surface area contributed by atoms with E-state index in [9.17, 15) is 0 Å². The van der Waals surface area contributed by atoms with Crippen LogP contribution in [-0.2, 0) is 0 Å². The van der Waals surface area contributed by atoms with Crippen LogP contribution >= 0.6 is 11.6 Å². The van der Waals surface area contributed by atoms with Crippen LogP contribution in [0.5, 0.6) is 0 Å². The third-order valence-electron chi connectivity index (χ3n) is 5.64. The molecule has 0 spiro atoms. The minimum atomic E-state index is 0.191. The van der Waals surface area contributed by atoms with Gasteiger partial charge in [0.2, 0.25) is 0 Å². The van der Waals surface area contributed by atoms with Crippen molar-refractivity contribution in [2.75, 3.05) is 0 Å². The Morgan fingerprint density at radius 2 is 1.25 bits per heavy atom. The van der Waals surface area contributed by atoms with Crippen LogP contribution in [0.1, 0.15) is 77.3 Å². The Kier molecular flexibility index (Phi) is 5.18. The molecule has 0 aliphatic heterocycles. The van der Waals surface area contributed by atoms with Crippen molar-refractivity contribution in [3.63, 3.8) is 0 Å². The highest BCUT2D eigenvalue weighted by Crippen LogP contribution is 2.39. The van der Waals surface area contributed by atoms with Gasteiger partial charge in [0.1, 0.15) is 0 Å². The molecular weight excluding hydrogens is 264 g/mol. The molecule has 1 aliphatic carbocycles. The first-order chi connectivity index (χ1) is 9.43. The number of rotatable bonds is 3. The van der Waals surface area contributed by atoms with Gasteiger partial charge in [-0.15, -0.1) is 11.6 Å². The van der Waals surface area contributed by atoms with Gasteiger partial charge in [0.05, 0.1) is 5.38 Å². The van der Waals surface area contributed by atoms with E-state index < -0.39 is 0 Å². The maximum absolute atomic E-state index is 6.85. The lowest BCUT2D eigenvalue weighted by Crippen LogP contribution is -2.11. The molecule has 0 N–H and O–H groups in total. The minimum Gasteiger partial charge on any atom is -0.118 e. The van der Waals surface area contributed by atoms with Gasteiger partial charge in [-0.25, -0.2) is 0 Å². The fraction of sp³-hybridized carbons (Fsp3) is 0.684. The summed E-state index contributed by atoms with van der Waals surface area (Å²) in [4.78, 5) is 0. The molecule has 1 heteroatoms. The maximum Gasteiger partial charge on any atom is 0.0593 e. The zero-order valence-corrected chi connectivity index (χ0v) is 14.5. The zero-order chi connectivity index (χ0) is 14.9. The third-order valence-corrected chi connectivity index (χ3v) is 6.03. The molecule has 1 aromatic rings. The van der Waals surface area contributed by atoms with E-state index >= 15 is 0 Å². The molecule has 1 aromatic carbocycles. The van der Waals surface area contributed by atoms with Crippen LogP contribution in [0, 0.1) is 40.5 Å². The quantitative estimate of drug-likeness (QED) is 0.559. The van der Waals surface area contributed by atoms with Gasteiger partial charge in [0.15, 0.2) is 0 Å². The van der Waals surface area contributed by atoms with Crippen molar-refractivity contribution in [2.45, 2.75) is 78.5 Å². The monoisotopic (exact) mass is 292 g/mol. The predicted molar refractivity (Wildman–Crippen MR) is 89.9 cm³/mol. The second kappa shape index (κ2) is 6.52. The van der Waals surface area contributed by atoms with Crippen LogP contribution in [0.2, 0.25) is 0 Å². The lowest BCUT2D eigenvalue weighted by atomic mass is 9.82. The Morgan fingerprint density at radius 3 is 1.75 bits per heavy atom. The molecule has 0 aromatic heterocycles. The van der Waals surface area contributed by atoms with E-state index in [0.717, 1.165) is 12.3 Å². The lowest BCUT2D eigenvalue weighted by molar-refractivity contribution is 0.336. The largest absolute Gasteiger partial charge is 0.118 e. The van der Waals surface area contributed by atoms with E-state index in [-0.39, 0.29) is 5.38 Å². The molecule has 0 saturated heterocycles. The molecule has 0 radical (unpaired) electrons. The summed E-state index contributed by atoms with van der Waals surface area (Å²) in [5, 5.41) is 0.191. The van der Waals surface area contributed by atoms with Gasteiger partial charge in [-0.05, 0) is 80.3 Å². The summed E-state index contributed by atoms with van der Waals surface area (Å²) >= 11 is 6.85. The fourth-order valence-corrected chi connectivity index (χ4v) is 4.41. The Bertz CT molecular complexity index is 452. The van der Waals surface area contributed by atoms with Crippen molar-refractivity contribution in [3.8, 4) is 0 Å². The Hall–Kier alpha value is -0.490. The van der Waals surface area contributed by atoms with Crippen LogP contribution in [0.4, 0.5) is 0 Å². The molecule has 2 rings (SSSR count). The van der Waals surface area contributed by atoms with Gasteiger partial charge in [0.25, 0.3) is 0 Å². The first-order valence-corrected chi connectivity index (χ1v) is 8.58. The summed E-state index contributed by atoms with van der Waals surface area (Å²) in [6, 6.07) is 0. The first kappa shape index (κ1) is 15.9. The molecule has 0 nitrogen and oxygen atoms in total. The van der Waals surface area contributed by atoms with Crippen molar-refractivity contribution in [3.05, 3.63) is 33.4 Å². The highest BCUT2D eigenvalue weighted by Gasteiger charge is 2.23. The van der Waals surface area contributed by atoms with E-state index in [1.807, 2.05) is 0 Å². The molecule has 112 valence electrons. The molecule has 1 unspecified atom stereocenters. The molecule has 20 heavy (non-hydrogen) atoms. The topological polar surface area (TPSA) is 0 Å². The second-order valence-electron chi connectivity index (χ2n) is 6.75. The van der Waals surface area contributed by atoms with E-state index in [2.05, 4.69) is 34.6 Å². The summed E-state index contributed by atoms with van der Waals surface area (Å²) in [6.45, 7) is 11.2. The number of hydrogen-bond acceptors (Lipinski definition) is 0. The van der Waals surface area contributed by atoms with Crippen molar-refractivity contribution in [1.29, 1.82) is 0 Å². The van der Waals surface area contributed by atoms with Crippen LogP contribution < -0.4 is 0 Å². The smallest absolute Gasteiger partial charge is 0.0593 e. The molecule has 1 atom stereocenters. The van der Waals surface area contributed by atoms with Gasteiger partial charge in [-0.3, -0.25) is 0 Å². The lowest BCUT2D eigenvalue weighted by Gasteiger charge is -2.27. The van der Waals surface area contributed by atoms with Crippen LogP contribution in [-0.4, -0.2) is 0 Å². The van der Waals surface area contributed by atoms with Crippen molar-refractivity contribution in [1.82, 2.24) is 0 Å². The van der Waals surface area contributed by atoms with E-state index in [4.69, 9.17) is 11.6 Å². The molecule has 1 saturated carbocycles. The number of hydrogen-bond donors (Lipinski definition) is 0. The highest BCUT2D eigenvalue weighted by atomic mass is 35.5. The standard InChI is InChI=1S/C19H29Cl/c1-12-13(2)15(4)19(16(5)14(12)3)18(20)11-17-9-7-6-8-10-17/h17-18H,6-11H2,1-5H3. The first-order valence-electron chi connectivity index (χ1n) is 8.14.